The molecule has 2 nitrogen and oxygen atoms in total. The number of aromatic nitrogens is 1. The highest BCUT2D eigenvalue weighted by Crippen LogP contribution is 2.24. The van der Waals surface area contributed by atoms with Crippen molar-refractivity contribution in [3.63, 3.8) is 0 Å². The molecule has 0 spiro atoms. The SMILES string of the molecule is N#Cc1nccc(F)c1-c1ccccc1. The lowest BCUT2D eigenvalue weighted by atomic mass is 10.0. The predicted octanol–water partition coefficient (Wildman–Crippen LogP) is 2.76. The highest BCUT2D eigenvalue weighted by molar-refractivity contribution is 5.68. The Balaban J connectivity index is 2.68. The molecule has 0 aliphatic rings. The molecule has 0 fully saturated rings. The van der Waals surface area contributed by atoms with Gasteiger partial charge in [-0.15, -0.1) is 0 Å². The Morgan fingerprint density at radius 2 is 1.87 bits per heavy atom. The molecular formula is C12H7FN2. The second kappa shape index (κ2) is 3.89. The Hall–Kier alpha value is -2.21. The number of halogens is 1. The zero-order chi connectivity index (χ0) is 10.7. The lowest BCUT2D eigenvalue weighted by Crippen LogP contribution is -1.92. The smallest absolute Gasteiger partial charge is 0.151 e. The van der Waals surface area contributed by atoms with Crippen LogP contribution < -0.4 is 0 Å². The summed E-state index contributed by atoms with van der Waals surface area (Å²) in [5.74, 6) is -0.423. The highest BCUT2D eigenvalue weighted by Gasteiger charge is 2.10. The van der Waals surface area contributed by atoms with E-state index in [9.17, 15) is 4.39 Å². The quantitative estimate of drug-likeness (QED) is 0.706. The van der Waals surface area contributed by atoms with Gasteiger partial charge in [-0.2, -0.15) is 5.26 Å². The summed E-state index contributed by atoms with van der Waals surface area (Å²) in [4.78, 5) is 3.83. The Labute approximate surface area is 86.6 Å². The molecule has 1 aromatic carbocycles. The van der Waals surface area contributed by atoms with Gasteiger partial charge in [0.25, 0.3) is 0 Å². The van der Waals surface area contributed by atoms with Gasteiger partial charge in [0, 0.05) is 6.20 Å². The van der Waals surface area contributed by atoms with Gasteiger partial charge >= 0.3 is 0 Å². The van der Waals surface area contributed by atoms with E-state index in [1.54, 1.807) is 24.3 Å². The fourth-order valence-corrected chi connectivity index (χ4v) is 1.40. The first-order valence-corrected chi connectivity index (χ1v) is 4.43. The zero-order valence-electron chi connectivity index (χ0n) is 7.81. The van der Waals surface area contributed by atoms with E-state index in [4.69, 9.17) is 5.26 Å². The molecular weight excluding hydrogens is 191 g/mol. The summed E-state index contributed by atoms with van der Waals surface area (Å²) in [7, 11) is 0. The van der Waals surface area contributed by atoms with Gasteiger partial charge in [0.15, 0.2) is 5.69 Å². The number of hydrogen-bond acceptors (Lipinski definition) is 2. The minimum atomic E-state index is -0.423. The van der Waals surface area contributed by atoms with Crippen LogP contribution in [0.5, 0.6) is 0 Å². The third-order valence-corrected chi connectivity index (χ3v) is 2.07. The largest absolute Gasteiger partial charge is 0.245 e. The Morgan fingerprint density at radius 1 is 1.13 bits per heavy atom. The number of nitrogens with zero attached hydrogens (tertiary/aromatic N) is 2. The Kier molecular flexibility index (Phi) is 2.42. The second-order valence-corrected chi connectivity index (χ2v) is 2.99. The van der Waals surface area contributed by atoms with Crippen molar-refractivity contribution in [1.82, 2.24) is 4.98 Å². The van der Waals surface area contributed by atoms with Gasteiger partial charge in [0.1, 0.15) is 11.9 Å². The fraction of sp³-hybridized carbons (Fsp3) is 0. The number of rotatable bonds is 1. The molecule has 0 atom stereocenters. The molecule has 0 saturated carbocycles. The zero-order valence-corrected chi connectivity index (χ0v) is 7.81. The number of benzene rings is 1. The van der Waals surface area contributed by atoms with E-state index in [2.05, 4.69) is 4.98 Å². The van der Waals surface area contributed by atoms with E-state index in [0.717, 1.165) is 0 Å². The van der Waals surface area contributed by atoms with Crippen LogP contribution in [0.4, 0.5) is 4.39 Å². The summed E-state index contributed by atoms with van der Waals surface area (Å²) in [5, 5.41) is 8.83. The average Bonchev–Trinajstić information content (AvgIpc) is 2.29. The Morgan fingerprint density at radius 3 is 2.53 bits per heavy atom. The minimum Gasteiger partial charge on any atom is -0.245 e. The summed E-state index contributed by atoms with van der Waals surface area (Å²) in [6.07, 6.45) is 1.29. The van der Waals surface area contributed by atoms with E-state index in [1.807, 2.05) is 12.1 Å². The van der Waals surface area contributed by atoms with Crippen molar-refractivity contribution in [2.45, 2.75) is 0 Å². The van der Waals surface area contributed by atoms with Crippen molar-refractivity contribution in [2.75, 3.05) is 0 Å². The van der Waals surface area contributed by atoms with E-state index in [0.29, 0.717) is 5.56 Å². The van der Waals surface area contributed by atoms with Gasteiger partial charge in [-0.3, -0.25) is 0 Å². The molecule has 0 unspecified atom stereocenters. The van der Waals surface area contributed by atoms with Crippen molar-refractivity contribution in [2.24, 2.45) is 0 Å². The van der Waals surface area contributed by atoms with E-state index in [1.165, 1.54) is 12.3 Å². The summed E-state index contributed by atoms with van der Waals surface area (Å²) >= 11 is 0. The minimum absolute atomic E-state index is 0.112. The van der Waals surface area contributed by atoms with Crippen LogP contribution in [-0.2, 0) is 0 Å². The van der Waals surface area contributed by atoms with Crippen molar-refractivity contribution in [3.05, 3.63) is 54.1 Å². The molecule has 0 aliphatic heterocycles. The molecule has 2 rings (SSSR count). The third-order valence-electron chi connectivity index (χ3n) is 2.07. The van der Waals surface area contributed by atoms with Crippen LogP contribution in [0.2, 0.25) is 0 Å². The van der Waals surface area contributed by atoms with Crippen molar-refractivity contribution in [3.8, 4) is 17.2 Å². The van der Waals surface area contributed by atoms with Crippen LogP contribution in [0.25, 0.3) is 11.1 Å². The van der Waals surface area contributed by atoms with Crippen molar-refractivity contribution >= 4 is 0 Å². The molecule has 15 heavy (non-hydrogen) atoms. The highest BCUT2D eigenvalue weighted by atomic mass is 19.1. The summed E-state index contributed by atoms with van der Waals surface area (Å²) in [6, 6.07) is 12.1. The molecule has 0 aliphatic carbocycles. The van der Waals surface area contributed by atoms with Gasteiger partial charge in [-0.1, -0.05) is 30.3 Å². The lowest BCUT2D eigenvalue weighted by molar-refractivity contribution is 0.628. The van der Waals surface area contributed by atoms with Gasteiger partial charge in [-0.05, 0) is 11.6 Å². The standard InChI is InChI=1S/C12H7FN2/c13-10-6-7-15-11(8-14)12(10)9-4-2-1-3-5-9/h1-7H. The summed E-state index contributed by atoms with van der Waals surface area (Å²) < 4.78 is 13.5. The van der Waals surface area contributed by atoms with Crippen LogP contribution in [0.3, 0.4) is 0 Å². The van der Waals surface area contributed by atoms with Gasteiger partial charge in [0.05, 0.1) is 5.56 Å². The first-order chi connectivity index (χ1) is 7.33. The van der Waals surface area contributed by atoms with E-state index >= 15 is 0 Å². The molecule has 0 amide bonds. The summed E-state index contributed by atoms with van der Waals surface area (Å²) in [5.41, 5.74) is 1.04. The van der Waals surface area contributed by atoms with Crippen molar-refractivity contribution in [1.29, 1.82) is 5.26 Å². The maximum atomic E-state index is 13.5. The van der Waals surface area contributed by atoms with Gasteiger partial charge < -0.3 is 0 Å². The first kappa shape index (κ1) is 9.35. The van der Waals surface area contributed by atoms with E-state index < -0.39 is 5.82 Å². The number of nitriles is 1. The van der Waals surface area contributed by atoms with Crippen LogP contribution in [0.1, 0.15) is 5.69 Å². The second-order valence-electron chi connectivity index (χ2n) is 2.99. The average molecular weight is 198 g/mol. The maximum Gasteiger partial charge on any atom is 0.151 e. The molecule has 1 aromatic heterocycles. The molecule has 0 radical (unpaired) electrons. The Bertz CT molecular complexity index is 515. The molecule has 2 aromatic rings. The first-order valence-electron chi connectivity index (χ1n) is 4.43. The fourth-order valence-electron chi connectivity index (χ4n) is 1.40. The molecule has 0 saturated heterocycles. The molecule has 1 heterocycles. The molecule has 0 bridgehead atoms. The summed E-state index contributed by atoms with van der Waals surface area (Å²) in [6.45, 7) is 0. The van der Waals surface area contributed by atoms with Crippen LogP contribution in [0, 0.1) is 17.1 Å². The third kappa shape index (κ3) is 1.70. The van der Waals surface area contributed by atoms with Crippen molar-refractivity contribution < 1.29 is 4.39 Å². The van der Waals surface area contributed by atoms with Crippen LogP contribution in [-0.4, -0.2) is 4.98 Å². The molecule has 0 N–H and O–H groups in total. The van der Waals surface area contributed by atoms with Gasteiger partial charge in [-0.25, -0.2) is 9.37 Å². The molecule has 3 heteroatoms. The monoisotopic (exact) mass is 198 g/mol. The van der Waals surface area contributed by atoms with Crippen LogP contribution >= 0.6 is 0 Å². The normalized spacial score (nSPS) is 9.60. The number of pyridine rings is 1. The predicted molar refractivity (Wildman–Crippen MR) is 54.3 cm³/mol. The van der Waals surface area contributed by atoms with E-state index in [-0.39, 0.29) is 11.3 Å². The molecule has 72 valence electrons. The van der Waals surface area contributed by atoms with Crippen LogP contribution in [0.15, 0.2) is 42.6 Å². The number of hydrogen-bond donors (Lipinski definition) is 0. The van der Waals surface area contributed by atoms with Gasteiger partial charge in [0.2, 0.25) is 0 Å². The maximum absolute atomic E-state index is 13.5. The lowest BCUT2D eigenvalue weighted by Gasteiger charge is -2.03. The topological polar surface area (TPSA) is 36.7 Å².